The predicted octanol–water partition coefficient (Wildman–Crippen LogP) is 2.85. The second kappa shape index (κ2) is 9.83. The molecule has 2 saturated heterocycles. The molecule has 1 aromatic carbocycles. The highest BCUT2D eigenvalue weighted by Crippen LogP contribution is 2.27. The summed E-state index contributed by atoms with van der Waals surface area (Å²) in [6.07, 6.45) is 6.59. The number of thiazole rings is 1. The lowest BCUT2D eigenvalue weighted by Crippen LogP contribution is -2.53. The number of hydrogen-bond acceptors (Lipinski definition) is 6. The fourth-order valence-electron chi connectivity index (χ4n) is 4.38. The van der Waals surface area contributed by atoms with Gasteiger partial charge in [0.2, 0.25) is 0 Å². The molecular formula is C22H32N4OS. The van der Waals surface area contributed by atoms with Crippen molar-refractivity contribution >= 4 is 16.5 Å². The van der Waals surface area contributed by atoms with Crippen LogP contribution >= 0.6 is 11.3 Å². The van der Waals surface area contributed by atoms with Gasteiger partial charge < -0.3 is 10.0 Å². The molecule has 0 amide bonds. The fourth-order valence-corrected chi connectivity index (χ4v) is 5.38. The van der Waals surface area contributed by atoms with E-state index in [0.29, 0.717) is 6.04 Å². The summed E-state index contributed by atoms with van der Waals surface area (Å²) in [7, 11) is 0. The van der Waals surface area contributed by atoms with E-state index in [0.717, 1.165) is 58.7 Å². The van der Waals surface area contributed by atoms with Crippen LogP contribution in [0.25, 0.3) is 0 Å². The monoisotopic (exact) mass is 400 g/mol. The maximum Gasteiger partial charge on any atom is 0.185 e. The Hall–Kier alpha value is -1.47. The van der Waals surface area contributed by atoms with Crippen LogP contribution in [-0.2, 0) is 13.0 Å². The summed E-state index contributed by atoms with van der Waals surface area (Å²) < 4.78 is 0. The van der Waals surface area contributed by atoms with E-state index in [-0.39, 0.29) is 6.61 Å². The minimum atomic E-state index is 0.264. The molecule has 3 heterocycles. The standard InChI is InChI=1S/C22H32N4OS/c27-15-9-20-17-24(13-14-25(20)12-8-19-6-2-1-3-7-19)18-21-16-23-22(28-21)26-10-4-5-11-26/h1-3,6-7,16,20,27H,4-5,8-15,17-18H2. The van der Waals surface area contributed by atoms with Crippen LogP contribution in [0.2, 0.25) is 0 Å². The van der Waals surface area contributed by atoms with Crippen molar-refractivity contribution in [3.63, 3.8) is 0 Å². The molecular weight excluding hydrogens is 368 g/mol. The molecule has 0 saturated carbocycles. The zero-order valence-corrected chi connectivity index (χ0v) is 17.5. The van der Waals surface area contributed by atoms with E-state index >= 15 is 0 Å². The van der Waals surface area contributed by atoms with Crippen LogP contribution in [0, 0.1) is 0 Å². The summed E-state index contributed by atoms with van der Waals surface area (Å²) in [4.78, 5) is 13.6. The third-order valence-electron chi connectivity index (χ3n) is 5.98. The minimum Gasteiger partial charge on any atom is -0.396 e. The zero-order chi connectivity index (χ0) is 19.2. The molecule has 152 valence electrons. The van der Waals surface area contributed by atoms with Gasteiger partial charge in [-0.2, -0.15) is 0 Å². The summed E-state index contributed by atoms with van der Waals surface area (Å²) >= 11 is 1.86. The topological polar surface area (TPSA) is 42.8 Å². The highest BCUT2D eigenvalue weighted by Gasteiger charge is 2.27. The molecule has 1 atom stereocenters. The Bertz CT molecular complexity index is 716. The number of benzene rings is 1. The molecule has 0 spiro atoms. The molecule has 2 aromatic rings. The number of aliphatic hydroxyl groups is 1. The number of anilines is 1. The van der Waals surface area contributed by atoms with Gasteiger partial charge in [0.05, 0.1) is 0 Å². The number of piperazine rings is 1. The van der Waals surface area contributed by atoms with Crippen molar-refractivity contribution < 1.29 is 5.11 Å². The van der Waals surface area contributed by atoms with Gasteiger partial charge in [-0.05, 0) is 31.2 Å². The largest absolute Gasteiger partial charge is 0.396 e. The first-order valence-corrected chi connectivity index (χ1v) is 11.4. The Morgan fingerprint density at radius 3 is 2.68 bits per heavy atom. The number of nitrogens with zero attached hydrogens (tertiary/aromatic N) is 4. The normalized spacial score (nSPS) is 21.5. The molecule has 2 aliphatic heterocycles. The summed E-state index contributed by atoms with van der Waals surface area (Å²) in [5.74, 6) is 0. The fraction of sp³-hybridized carbons (Fsp3) is 0.591. The van der Waals surface area contributed by atoms with Crippen LogP contribution in [0.5, 0.6) is 0 Å². The molecule has 5 nitrogen and oxygen atoms in total. The molecule has 6 heteroatoms. The number of aliphatic hydroxyl groups excluding tert-OH is 1. The second-order valence-corrected chi connectivity index (χ2v) is 9.07. The van der Waals surface area contributed by atoms with Crippen LogP contribution in [0.3, 0.4) is 0 Å². The Morgan fingerprint density at radius 1 is 1.07 bits per heavy atom. The number of aromatic nitrogens is 1. The molecule has 0 radical (unpaired) electrons. The third kappa shape index (κ3) is 5.11. The summed E-state index contributed by atoms with van der Waals surface area (Å²) in [6, 6.07) is 11.2. The molecule has 2 aliphatic rings. The van der Waals surface area contributed by atoms with Crippen molar-refractivity contribution in [3.05, 3.63) is 47.0 Å². The van der Waals surface area contributed by atoms with Gasteiger partial charge in [0.1, 0.15) is 0 Å². The highest BCUT2D eigenvalue weighted by molar-refractivity contribution is 7.15. The Morgan fingerprint density at radius 2 is 1.89 bits per heavy atom. The smallest absolute Gasteiger partial charge is 0.185 e. The van der Waals surface area contributed by atoms with E-state index in [1.807, 2.05) is 11.3 Å². The average Bonchev–Trinajstić information content (AvgIpc) is 3.40. The van der Waals surface area contributed by atoms with Crippen LogP contribution in [-0.4, -0.2) is 71.8 Å². The number of hydrogen-bond donors (Lipinski definition) is 1. The van der Waals surface area contributed by atoms with Gasteiger partial charge in [-0.25, -0.2) is 4.98 Å². The molecule has 1 N–H and O–H groups in total. The summed E-state index contributed by atoms with van der Waals surface area (Å²) in [5.41, 5.74) is 1.40. The Labute approximate surface area is 172 Å². The maximum atomic E-state index is 9.56. The maximum absolute atomic E-state index is 9.56. The van der Waals surface area contributed by atoms with Crippen LogP contribution < -0.4 is 4.90 Å². The Kier molecular flexibility index (Phi) is 6.96. The van der Waals surface area contributed by atoms with Gasteiger partial charge in [0.25, 0.3) is 0 Å². The first-order valence-electron chi connectivity index (χ1n) is 10.6. The van der Waals surface area contributed by atoms with Crippen LogP contribution in [0.1, 0.15) is 29.7 Å². The molecule has 2 fully saturated rings. The average molecular weight is 401 g/mol. The van der Waals surface area contributed by atoms with Crippen molar-refractivity contribution in [1.82, 2.24) is 14.8 Å². The van der Waals surface area contributed by atoms with Gasteiger partial charge in [-0.15, -0.1) is 11.3 Å². The van der Waals surface area contributed by atoms with E-state index in [4.69, 9.17) is 0 Å². The first kappa shape index (κ1) is 19.8. The van der Waals surface area contributed by atoms with Crippen molar-refractivity contribution in [2.45, 2.75) is 38.3 Å². The lowest BCUT2D eigenvalue weighted by molar-refractivity contribution is 0.0567. The van der Waals surface area contributed by atoms with Crippen molar-refractivity contribution in [2.24, 2.45) is 0 Å². The van der Waals surface area contributed by atoms with E-state index in [1.165, 1.54) is 28.4 Å². The summed E-state index contributed by atoms with van der Waals surface area (Å²) in [5, 5.41) is 10.8. The molecule has 4 rings (SSSR count). The van der Waals surface area contributed by atoms with Crippen molar-refractivity contribution in [2.75, 3.05) is 50.8 Å². The van der Waals surface area contributed by atoms with E-state index in [9.17, 15) is 5.11 Å². The molecule has 28 heavy (non-hydrogen) atoms. The van der Waals surface area contributed by atoms with Gasteiger partial charge in [0.15, 0.2) is 5.13 Å². The van der Waals surface area contributed by atoms with Crippen molar-refractivity contribution in [3.8, 4) is 0 Å². The molecule has 0 bridgehead atoms. The first-order chi connectivity index (χ1) is 13.8. The molecule has 1 aromatic heterocycles. The van der Waals surface area contributed by atoms with E-state index in [1.54, 1.807) is 0 Å². The molecule has 1 unspecified atom stereocenters. The van der Waals surface area contributed by atoms with Gasteiger partial charge in [-0.3, -0.25) is 9.80 Å². The zero-order valence-electron chi connectivity index (χ0n) is 16.7. The lowest BCUT2D eigenvalue weighted by Gasteiger charge is -2.41. The number of rotatable bonds is 8. The minimum absolute atomic E-state index is 0.264. The van der Waals surface area contributed by atoms with E-state index < -0.39 is 0 Å². The van der Waals surface area contributed by atoms with Gasteiger partial charge >= 0.3 is 0 Å². The summed E-state index contributed by atoms with van der Waals surface area (Å²) in [6.45, 7) is 7.84. The van der Waals surface area contributed by atoms with Gasteiger partial charge in [0, 0.05) is 69.5 Å². The van der Waals surface area contributed by atoms with Gasteiger partial charge in [-0.1, -0.05) is 30.3 Å². The van der Waals surface area contributed by atoms with Crippen molar-refractivity contribution in [1.29, 1.82) is 0 Å². The van der Waals surface area contributed by atoms with Crippen LogP contribution in [0.4, 0.5) is 5.13 Å². The third-order valence-corrected chi connectivity index (χ3v) is 7.02. The second-order valence-electron chi connectivity index (χ2n) is 7.98. The van der Waals surface area contributed by atoms with E-state index in [2.05, 4.69) is 56.2 Å². The predicted molar refractivity (Wildman–Crippen MR) is 116 cm³/mol. The Balaban J connectivity index is 1.31. The lowest BCUT2D eigenvalue weighted by atomic mass is 10.1. The molecule has 0 aliphatic carbocycles. The van der Waals surface area contributed by atoms with Crippen LogP contribution in [0.15, 0.2) is 36.5 Å². The quantitative estimate of drug-likeness (QED) is 0.738. The SMILES string of the molecule is OCCC1CN(Cc2cnc(N3CCCC3)s2)CCN1CCc1ccccc1. The highest BCUT2D eigenvalue weighted by atomic mass is 32.1.